The summed E-state index contributed by atoms with van der Waals surface area (Å²) in [7, 11) is 2.92. The van der Waals surface area contributed by atoms with Crippen LogP contribution in [0.4, 0.5) is 0 Å². The van der Waals surface area contributed by atoms with E-state index in [-0.39, 0.29) is 34.1 Å². The van der Waals surface area contributed by atoms with Gasteiger partial charge in [0.15, 0.2) is 0 Å². The van der Waals surface area contributed by atoms with Crippen molar-refractivity contribution in [2.24, 2.45) is 44.8 Å². The van der Waals surface area contributed by atoms with Gasteiger partial charge in [-0.25, -0.2) is 0 Å². The number of ether oxygens (including phenoxy) is 2. The van der Waals surface area contributed by atoms with Gasteiger partial charge < -0.3 is 19.7 Å². The highest BCUT2D eigenvalue weighted by molar-refractivity contribution is 5.79. The highest BCUT2D eigenvalue weighted by Gasteiger charge is 2.68. The first-order valence-corrected chi connectivity index (χ1v) is 14.5. The van der Waals surface area contributed by atoms with E-state index in [0.29, 0.717) is 12.3 Å². The molecule has 0 aromatic rings. The lowest BCUT2D eigenvalue weighted by Gasteiger charge is -2.67. The lowest BCUT2D eigenvalue weighted by Crippen LogP contribution is -2.66. The molecule has 5 aliphatic rings. The summed E-state index contributed by atoms with van der Waals surface area (Å²) in [6.45, 7) is 11.2. The van der Waals surface area contributed by atoms with Crippen molar-refractivity contribution < 1.29 is 29.3 Å². The molecular formula is C31H48O6. The monoisotopic (exact) mass is 516 g/mol. The van der Waals surface area contributed by atoms with Gasteiger partial charge in [-0.15, -0.1) is 0 Å². The van der Waals surface area contributed by atoms with Crippen LogP contribution in [0.15, 0.2) is 11.1 Å². The van der Waals surface area contributed by atoms with Crippen molar-refractivity contribution in [3.63, 3.8) is 0 Å². The molecule has 3 fully saturated rings. The predicted octanol–water partition coefficient (Wildman–Crippen LogP) is 5.20. The van der Waals surface area contributed by atoms with Crippen LogP contribution in [0, 0.1) is 44.8 Å². The fourth-order valence-electron chi connectivity index (χ4n) is 10.7. The minimum atomic E-state index is -1.13. The topological polar surface area (TPSA) is 93.1 Å². The third kappa shape index (κ3) is 3.49. The Hall–Kier alpha value is -1.40. The molecule has 0 aliphatic heterocycles. The maximum absolute atomic E-state index is 13.3. The average Bonchev–Trinajstić information content (AvgIpc) is 2.85. The number of carbonyl (C=O) groups excluding carboxylic acids is 2. The third-order valence-electron chi connectivity index (χ3n) is 12.6. The number of rotatable bonds is 2. The van der Waals surface area contributed by atoms with E-state index in [1.165, 1.54) is 12.7 Å². The molecule has 5 rings (SSSR count). The lowest BCUT2D eigenvalue weighted by molar-refractivity contribution is -0.226. The van der Waals surface area contributed by atoms with E-state index in [4.69, 9.17) is 9.47 Å². The van der Waals surface area contributed by atoms with Crippen molar-refractivity contribution in [3.05, 3.63) is 11.1 Å². The number of aliphatic hydroxyl groups excluding tert-OH is 2. The van der Waals surface area contributed by atoms with Gasteiger partial charge in [0.05, 0.1) is 37.3 Å². The Balaban J connectivity index is 1.58. The Morgan fingerprint density at radius 1 is 0.811 bits per heavy atom. The summed E-state index contributed by atoms with van der Waals surface area (Å²) >= 11 is 0. The van der Waals surface area contributed by atoms with Crippen molar-refractivity contribution in [2.75, 3.05) is 14.2 Å². The molecule has 0 aromatic heterocycles. The summed E-state index contributed by atoms with van der Waals surface area (Å²) in [6, 6.07) is 0. The Morgan fingerprint density at radius 3 is 2.14 bits per heavy atom. The maximum Gasteiger partial charge on any atom is 0.314 e. The highest BCUT2D eigenvalue weighted by atomic mass is 16.5. The number of hydrogen-bond donors (Lipinski definition) is 2. The molecule has 208 valence electrons. The number of hydrogen-bond acceptors (Lipinski definition) is 6. The van der Waals surface area contributed by atoms with Gasteiger partial charge in [0.1, 0.15) is 0 Å². The Kier molecular flexibility index (Phi) is 6.28. The Bertz CT molecular complexity index is 1020. The van der Waals surface area contributed by atoms with Crippen LogP contribution in [0.5, 0.6) is 0 Å². The van der Waals surface area contributed by atoms with Gasteiger partial charge in [-0.05, 0) is 105 Å². The number of carbonyl (C=O) groups is 2. The second kappa shape index (κ2) is 8.55. The van der Waals surface area contributed by atoms with Crippen molar-refractivity contribution in [1.29, 1.82) is 0 Å². The zero-order valence-electron chi connectivity index (χ0n) is 24.0. The molecule has 2 N–H and O–H groups in total. The predicted molar refractivity (Wildman–Crippen MR) is 140 cm³/mol. The van der Waals surface area contributed by atoms with E-state index >= 15 is 0 Å². The fourth-order valence-corrected chi connectivity index (χ4v) is 10.7. The smallest absolute Gasteiger partial charge is 0.314 e. The number of aliphatic hydroxyl groups is 2. The van der Waals surface area contributed by atoms with Crippen LogP contribution in [-0.2, 0) is 19.1 Å². The van der Waals surface area contributed by atoms with E-state index in [1.807, 2.05) is 0 Å². The average molecular weight is 517 g/mol. The van der Waals surface area contributed by atoms with Crippen LogP contribution >= 0.6 is 0 Å². The van der Waals surface area contributed by atoms with E-state index in [1.54, 1.807) is 19.6 Å². The van der Waals surface area contributed by atoms with Gasteiger partial charge in [0.2, 0.25) is 0 Å². The number of methoxy groups -OCH3 is 2. The van der Waals surface area contributed by atoms with Gasteiger partial charge in [-0.1, -0.05) is 38.8 Å². The first-order chi connectivity index (χ1) is 17.2. The van der Waals surface area contributed by atoms with Gasteiger partial charge in [0, 0.05) is 0 Å². The van der Waals surface area contributed by atoms with Gasteiger partial charge in [-0.2, -0.15) is 0 Å². The van der Waals surface area contributed by atoms with Crippen molar-refractivity contribution in [3.8, 4) is 0 Å². The van der Waals surface area contributed by atoms with E-state index in [9.17, 15) is 19.8 Å². The number of allylic oxidation sites excluding steroid dienone is 2. The molecule has 6 heteroatoms. The molecular weight excluding hydrogens is 468 g/mol. The minimum absolute atomic E-state index is 0.0271. The second-order valence-corrected chi connectivity index (χ2v) is 14.7. The van der Waals surface area contributed by atoms with Crippen LogP contribution in [0.2, 0.25) is 0 Å². The molecule has 0 spiro atoms. The molecule has 0 saturated heterocycles. The Labute approximate surface area is 222 Å². The van der Waals surface area contributed by atoms with Gasteiger partial charge >= 0.3 is 11.9 Å². The normalized spacial score (nSPS) is 48.6. The summed E-state index contributed by atoms with van der Waals surface area (Å²) in [5.74, 6) is 0.0261. The molecule has 6 nitrogen and oxygen atoms in total. The minimum Gasteiger partial charge on any atom is -0.469 e. The number of esters is 2. The van der Waals surface area contributed by atoms with Gasteiger partial charge in [-0.3, -0.25) is 9.59 Å². The third-order valence-corrected chi connectivity index (χ3v) is 12.6. The van der Waals surface area contributed by atoms with Crippen LogP contribution in [0.3, 0.4) is 0 Å². The summed E-state index contributed by atoms with van der Waals surface area (Å²) < 4.78 is 10.6. The van der Waals surface area contributed by atoms with Crippen molar-refractivity contribution >= 4 is 11.9 Å². The molecule has 9 atom stereocenters. The van der Waals surface area contributed by atoms with Crippen LogP contribution in [-0.4, -0.2) is 48.6 Å². The van der Waals surface area contributed by atoms with Crippen molar-refractivity contribution in [2.45, 2.75) is 111 Å². The molecule has 5 aliphatic carbocycles. The van der Waals surface area contributed by atoms with E-state index in [2.05, 4.69) is 27.7 Å². The molecule has 0 radical (unpaired) electrons. The zero-order chi connectivity index (χ0) is 27.2. The number of fused-ring (bicyclic) bond motifs is 6. The standard InChI is InChI=1S/C31H48O6/c1-27(2)14-15-31(26(35)37-7)13-10-19-18(20(31)16-27)8-9-22-28(19,3)12-11-23-29(22,4)17-21(32)24(33)30(23,5)25(34)36-6/h20-24,32-33H,8-17H2,1-7H3/t20-,21-,22-,23+,24-,28-,29+,30-,31+/m0/s1. The maximum atomic E-state index is 13.3. The van der Waals surface area contributed by atoms with Crippen molar-refractivity contribution in [1.82, 2.24) is 0 Å². The highest BCUT2D eigenvalue weighted by Crippen LogP contribution is 2.71. The molecule has 0 unspecified atom stereocenters. The molecule has 0 bridgehead atoms. The zero-order valence-corrected chi connectivity index (χ0v) is 24.0. The molecule has 3 saturated carbocycles. The van der Waals surface area contributed by atoms with E-state index in [0.717, 1.165) is 57.8 Å². The largest absolute Gasteiger partial charge is 0.469 e. The quantitative estimate of drug-likeness (QED) is 0.387. The van der Waals surface area contributed by atoms with Crippen LogP contribution in [0.1, 0.15) is 98.8 Å². The molecule has 0 amide bonds. The lowest BCUT2D eigenvalue weighted by atomic mass is 9.38. The first-order valence-electron chi connectivity index (χ1n) is 14.5. The van der Waals surface area contributed by atoms with Crippen LogP contribution < -0.4 is 0 Å². The second-order valence-electron chi connectivity index (χ2n) is 14.7. The summed E-state index contributed by atoms with van der Waals surface area (Å²) in [5.41, 5.74) is 1.39. The van der Waals surface area contributed by atoms with Gasteiger partial charge in [0.25, 0.3) is 0 Å². The molecule has 0 heterocycles. The van der Waals surface area contributed by atoms with E-state index < -0.39 is 29.0 Å². The summed E-state index contributed by atoms with van der Waals surface area (Å²) in [5, 5.41) is 22.2. The SMILES string of the molecule is COC(=O)[C@@]12CCC3=C(CC[C@@H]4[C@@]5(C)C[C@H](O)[C@H](O)[C@@](C)(C(=O)OC)[C@@H]5CC[C@@]34C)[C@@H]1CC(C)(C)CC2. The summed E-state index contributed by atoms with van der Waals surface area (Å²) in [6.07, 6.45) is 6.87. The van der Waals surface area contributed by atoms with Crippen LogP contribution in [0.25, 0.3) is 0 Å². The molecule has 37 heavy (non-hydrogen) atoms. The fraction of sp³-hybridized carbons (Fsp3) is 0.871. The Morgan fingerprint density at radius 2 is 1.49 bits per heavy atom. The molecule has 0 aromatic carbocycles. The summed E-state index contributed by atoms with van der Waals surface area (Å²) in [4.78, 5) is 26.4. The first kappa shape index (κ1) is 27.2.